The van der Waals surface area contributed by atoms with Gasteiger partial charge in [0.15, 0.2) is 0 Å². The van der Waals surface area contributed by atoms with Crippen molar-refractivity contribution in [1.82, 2.24) is 0 Å². The lowest BCUT2D eigenvalue weighted by Gasteiger charge is -2.41. The second-order valence-electron chi connectivity index (χ2n) is 4.91. The van der Waals surface area contributed by atoms with Crippen molar-refractivity contribution in [2.24, 2.45) is 11.7 Å². The minimum Gasteiger partial charge on any atom is -0.374 e. The van der Waals surface area contributed by atoms with Crippen molar-refractivity contribution in [3.8, 4) is 0 Å². The van der Waals surface area contributed by atoms with E-state index in [4.69, 9.17) is 10.5 Å². The summed E-state index contributed by atoms with van der Waals surface area (Å²) in [6.45, 7) is 7.54. The van der Waals surface area contributed by atoms with Crippen LogP contribution in [0.25, 0.3) is 0 Å². The number of ether oxygens (including phenoxy) is 1. The van der Waals surface area contributed by atoms with Crippen LogP contribution in [0.4, 0.5) is 0 Å². The van der Waals surface area contributed by atoms with Crippen LogP contribution >= 0.6 is 0 Å². The normalized spacial score (nSPS) is 32.6. The molecular weight excluding hydrogens is 174 g/mol. The summed E-state index contributed by atoms with van der Waals surface area (Å²) in [6, 6.07) is 0.197. The van der Waals surface area contributed by atoms with Gasteiger partial charge in [0.2, 0.25) is 0 Å². The molecule has 1 aliphatic rings. The van der Waals surface area contributed by atoms with E-state index in [0.29, 0.717) is 5.92 Å². The van der Waals surface area contributed by atoms with E-state index >= 15 is 0 Å². The molecule has 0 aromatic rings. The van der Waals surface area contributed by atoms with Crippen LogP contribution in [-0.4, -0.2) is 18.2 Å². The van der Waals surface area contributed by atoms with E-state index in [-0.39, 0.29) is 11.6 Å². The van der Waals surface area contributed by atoms with Crippen molar-refractivity contribution in [2.45, 2.75) is 64.5 Å². The maximum Gasteiger partial charge on any atom is 0.0807 e. The third-order valence-electron chi connectivity index (χ3n) is 3.56. The van der Waals surface area contributed by atoms with Crippen molar-refractivity contribution in [2.75, 3.05) is 6.61 Å². The topological polar surface area (TPSA) is 35.2 Å². The van der Waals surface area contributed by atoms with E-state index in [1.165, 1.54) is 25.7 Å². The Kier molecular flexibility index (Phi) is 4.39. The number of hydrogen-bond acceptors (Lipinski definition) is 2. The first kappa shape index (κ1) is 12.0. The molecule has 14 heavy (non-hydrogen) atoms. The SMILES string of the molecule is CCCC(C)C(N)C1(C)CCCCO1. The van der Waals surface area contributed by atoms with Gasteiger partial charge in [-0.1, -0.05) is 20.3 Å². The first-order valence-corrected chi connectivity index (χ1v) is 5.99. The van der Waals surface area contributed by atoms with Crippen molar-refractivity contribution < 1.29 is 4.74 Å². The Balaban J connectivity index is 2.51. The fourth-order valence-corrected chi connectivity index (χ4v) is 2.46. The summed E-state index contributed by atoms with van der Waals surface area (Å²) in [5, 5.41) is 0. The maximum absolute atomic E-state index is 6.29. The fourth-order valence-electron chi connectivity index (χ4n) is 2.46. The van der Waals surface area contributed by atoms with E-state index in [9.17, 15) is 0 Å². The molecule has 2 N–H and O–H groups in total. The van der Waals surface area contributed by atoms with Crippen LogP contribution < -0.4 is 5.73 Å². The summed E-state index contributed by atoms with van der Waals surface area (Å²) in [5.41, 5.74) is 6.22. The highest BCUT2D eigenvalue weighted by Gasteiger charge is 2.36. The smallest absolute Gasteiger partial charge is 0.0807 e. The van der Waals surface area contributed by atoms with Gasteiger partial charge in [0.25, 0.3) is 0 Å². The molecule has 1 saturated heterocycles. The highest BCUT2D eigenvalue weighted by molar-refractivity contribution is 4.91. The van der Waals surface area contributed by atoms with E-state index < -0.39 is 0 Å². The Hall–Kier alpha value is -0.0800. The van der Waals surface area contributed by atoms with Gasteiger partial charge in [0.1, 0.15) is 0 Å². The molecule has 1 rings (SSSR count). The van der Waals surface area contributed by atoms with E-state index in [0.717, 1.165) is 13.0 Å². The van der Waals surface area contributed by atoms with Gasteiger partial charge in [-0.3, -0.25) is 0 Å². The standard InChI is InChI=1S/C12H25NO/c1-4-7-10(2)11(13)12(3)8-5-6-9-14-12/h10-11H,4-9,13H2,1-3H3. The van der Waals surface area contributed by atoms with E-state index in [1.807, 2.05) is 0 Å². The molecule has 0 aromatic heterocycles. The molecule has 1 aliphatic heterocycles. The Morgan fingerprint density at radius 3 is 2.64 bits per heavy atom. The molecule has 0 amide bonds. The molecule has 84 valence electrons. The minimum absolute atomic E-state index is 0.0627. The largest absolute Gasteiger partial charge is 0.374 e. The predicted molar refractivity (Wildman–Crippen MR) is 60.3 cm³/mol. The number of rotatable bonds is 4. The van der Waals surface area contributed by atoms with E-state index in [1.54, 1.807) is 0 Å². The number of nitrogens with two attached hydrogens (primary N) is 1. The third-order valence-corrected chi connectivity index (χ3v) is 3.56. The van der Waals surface area contributed by atoms with Crippen molar-refractivity contribution in [1.29, 1.82) is 0 Å². The molecule has 3 unspecified atom stereocenters. The maximum atomic E-state index is 6.29. The molecule has 1 fully saturated rings. The van der Waals surface area contributed by atoms with Gasteiger partial charge in [-0.15, -0.1) is 0 Å². The van der Waals surface area contributed by atoms with Crippen LogP contribution in [-0.2, 0) is 4.74 Å². The first-order valence-electron chi connectivity index (χ1n) is 5.99. The van der Waals surface area contributed by atoms with E-state index in [2.05, 4.69) is 20.8 Å². The van der Waals surface area contributed by atoms with Gasteiger partial charge in [-0.25, -0.2) is 0 Å². The van der Waals surface area contributed by atoms with Crippen LogP contribution in [0.2, 0.25) is 0 Å². The zero-order valence-electron chi connectivity index (χ0n) is 9.88. The molecule has 0 aliphatic carbocycles. The van der Waals surface area contributed by atoms with Crippen LogP contribution in [0.5, 0.6) is 0 Å². The average Bonchev–Trinajstić information content (AvgIpc) is 2.18. The quantitative estimate of drug-likeness (QED) is 0.755. The Morgan fingerprint density at radius 1 is 1.43 bits per heavy atom. The van der Waals surface area contributed by atoms with Crippen molar-refractivity contribution in [3.05, 3.63) is 0 Å². The monoisotopic (exact) mass is 199 g/mol. The van der Waals surface area contributed by atoms with Gasteiger partial charge in [-0.2, -0.15) is 0 Å². The lowest BCUT2D eigenvalue weighted by Crippen LogP contribution is -2.52. The number of hydrogen-bond donors (Lipinski definition) is 1. The molecule has 0 bridgehead atoms. The molecule has 2 heteroatoms. The van der Waals surface area contributed by atoms with Gasteiger partial charge >= 0.3 is 0 Å². The van der Waals surface area contributed by atoms with Gasteiger partial charge < -0.3 is 10.5 Å². The molecule has 1 heterocycles. The second-order valence-corrected chi connectivity index (χ2v) is 4.91. The van der Waals surface area contributed by atoms with Crippen molar-refractivity contribution in [3.63, 3.8) is 0 Å². The lowest BCUT2D eigenvalue weighted by atomic mass is 9.80. The highest BCUT2D eigenvalue weighted by Crippen LogP contribution is 2.31. The first-order chi connectivity index (χ1) is 6.60. The Bertz CT molecular complexity index is 164. The second kappa shape index (κ2) is 5.13. The fraction of sp³-hybridized carbons (Fsp3) is 1.00. The summed E-state index contributed by atoms with van der Waals surface area (Å²) in [4.78, 5) is 0. The summed E-state index contributed by atoms with van der Waals surface area (Å²) in [7, 11) is 0. The molecule has 0 radical (unpaired) electrons. The lowest BCUT2D eigenvalue weighted by molar-refractivity contribution is -0.0910. The van der Waals surface area contributed by atoms with Gasteiger partial charge in [0, 0.05) is 12.6 Å². The predicted octanol–water partition coefficient (Wildman–Crippen LogP) is 2.71. The summed E-state index contributed by atoms with van der Waals surface area (Å²) in [5.74, 6) is 0.572. The van der Waals surface area contributed by atoms with Crippen LogP contribution in [0.15, 0.2) is 0 Å². The Morgan fingerprint density at radius 2 is 2.14 bits per heavy atom. The summed E-state index contributed by atoms with van der Waals surface area (Å²) >= 11 is 0. The zero-order valence-corrected chi connectivity index (χ0v) is 9.88. The highest BCUT2D eigenvalue weighted by atomic mass is 16.5. The van der Waals surface area contributed by atoms with Gasteiger partial charge in [0.05, 0.1) is 5.60 Å². The minimum atomic E-state index is -0.0627. The molecule has 0 saturated carbocycles. The molecule has 3 atom stereocenters. The zero-order chi connectivity index (χ0) is 10.6. The Labute approximate surface area is 88.2 Å². The van der Waals surface area contributed by atoms with Crippen molar-refractivity contribution >= 4 is 0 Å². The molecule has 0 aromatic carbocycles. The summed E-state index contributed by atoms with van der Waals surface area (Å²) < 4.78 is 5.87. The third kappa shape index (κ3) is 2.71. The van der Waals surface area contributed by atoms with Crippen LogP contribution in [0.1, 0.15) is 52.9 Å². The summed E-state index contributed by atoms with van der Waals surface area (Å²) in [6.07, 6.45) is 6.01. The molecule has 0 spiro atoms. The molecule has 2 nitrogen and oxygen atoms in total. The van der Waals surface area contributed by atoms with Gasteiger partial charge in [-0.05, 0) is 38.5 Å². The van der Waals surface area contributed by atoms with Crippen LogP contribution in [0, 0.1) is 5.92 Å². The van der Waals surface area contributed by atoms with Crippen LogP contribution in [0.3, 0.4) is 0 Å². The average molecular weight is 199 g/mol. The molecular formula is C12H25NO.